The highest BCUT2D eigenvalue weighted by Crippen LogP contribution is 2.20. The molecule has 6 nitrogen and oxygen atoms in total. The van der Waals surface area contributed by atoms with Gasteiger partial charge in [0.1, 0.15) is 16.5 Å². The molecule has 1 heterocycles. The lowest BCUT2D eigenvalue weighted by atomic mass is 10.2. The van der Waals surface area contributed by atoms with Crippen LogP contribution in [0.4, 0.5) is 4.39 Å². The maximum atomic E-state index is 13.8. The van der Waals surface area contributed by atoms with Crippen molar-refractivity contribution in [2.45, 2.75) is 4.90 Å². The molecule has 1 N–H and O–H groups in total. The van der Waals surface area contributed by atoms with Crippen LogP contribution in [-0.2, 0) is 10.0 Å². The predicted molar refractivity (Wildman–Crippen MR) is 99.5 cm³/mol. The van der Waals surface area contributed by atoms with Crippen LogP contribution >= 0.6 is 15.9 Å². The van der Waals surface area contributed by atoms with Crippen LogP contribution < -0.4 is 9.46 Å². The van der Waals surface area contributed by atoms with Gasteiger partial charge in [-0.15, -0.1) is 0 Å². The fourth-order valence-corrected chi connectivity index (χ4v) is 3.35. The molecule has 0 aliphatic carbocycles. The second-order valence-electron chi connectivity index (χ2n) is 5.31. The molecule has 0 saturated heterocycles. The van der Waals surface area contributed by atoms with Gasteiger partial charge in [-0.1, -0.05) is 34.1 Å². The molecule has 0 spiro atoms. The van der Waals surface area contributed by atoms with Gasteiger partial charge < -0.3 is 4.74 Å². The van der Waals surface area contributed by atoms with Crippen LogP contribution in [0.5, 0.6) is 11.6 Å². The number of sulfonamides is 1. The quantitative estimate of drug-likeness (QED) is 0.636. The Bertz CT molecular complexity index is 1070. The van der Waals surface area contributed by atoms with Crippen molar-refractivity contribution in [2.24, 2.45) is 0 Å². The minimum Gasteiger partial charge on any atom is -0.439 e. The second-order valence-corrected chi connectivity index (χ2v) is 7.90. The summed E-state index contributed by atoms with van der Waals surface area (Å²) >= 11 is 3.06. The van der Waals surface area contributed by atoms with Crippen molar-refractivity contribution < 1.29 is 22.3 Å². The van der Waals surface area contributed by atoms with Gasteiger partial charge in [-0.05, 0) is 36.4 Å². The summed E-state index contributed by atoms with van der Waals surface area (Å²) < 4.78 is 46.2. The van der Waals surface area contributed by atoms with Crippen molar-refractivity contribution >= 4 is 31.9 Å². The first-order valence-corrected chi connectivity index (χ1v) is 9.84. The van der Waals surface area contributed by atoms with Crippen molar-refractivity contribution in [2.75, 3.05) is 0 Å². The SMILES string of the molecule is O=C(NS(=O)(=O)c1ccc(Oc2ccccc2)nc1)c1ccc(Br)cc1F. The molecule has 138 valence electrons. The summed E-state index contributed by atoms with van der Waals surface area (Å²) in [4.78, 5) is 15.7. The number of amides is 1. The Balaban J connectivity index is 1.75. The van der Waals surface area contributed by atoms with Crippen LogP contribution in [0.25, 0.3) is 0 Å². The van der Waals surface area contributed by atoms with E-state index in [1.807, 2.05) is 10.8 Å². The minimum atomic E-state index is -4.22. The Morgan fingerprint density at radius 3 is 2.44 bits per heavy atom. The molecule has 2 aromatic carbocycles. The fourth-order valence-electron chi connectivity index (χ4n) is 2.10. The lowest BCUT2D eigenvalue weighted by Crippen LogP contribution is -2.31. The molecule has 0 atom stereocenters. The van der Waals surface area contributed by atoms with E-state index in [-0.39, 0.29) is 10.8 Å². The highest BCUT2D eigenvalue weighted by molar-refractivity contribution is 9.10. The largest absolute Gasteiger partial charge is 0.439 e. The van der Waals surface area contributed by atoms with Gasteiger partial charge in [0.25, 0.3) is 15.9 Å². The van der Waals surface area contributed by atoms with Gasteiger partial charge in [-0.3, -0.25) is 4.79 Å². The summed E-state index contributed by atoms with van der Waals surface area (Å²) in [6, 6.07) is 15.1. The average molecular weight is 451 g/mol. The number of halogens is 2. The molecular weight excluding hydrogens is 439 g/mol. The Hall–Kier alpha value is -2.78. The van der Waals surface area contributed by atoms with Crippen molar-refractivity contribution in [3.63, 3.8) is 0 Å². The van der Waals surface area contributed by atoms with E-state index in [1.54, 1.807) is 24.3 Å². The van der Waals surface area contributed by atoms with Crippen LogP contribution in [0.2, 0.25) is 0 Å². The van der Waals surface area contributed by atoms with E-state index >= 15 is 0 Å². The summed E-state index contributed by atoms with van der Waals surface area (Å²) in [7, 11) is -4.22. The fraction of sp³-hybridized carbons (Fsp3) is 0. The van der Waals surface area contributed by atoms with E-state index < -0.39 is 27.3 Å². The van der Waals surface area contributed by atoms with E-state index in [0.717, 1.165) is 12.3 Å². The number of benzene rings is 2. The maximum absolute atomic E-state index is 13.8. The van der Waals surface area contributed by atoms with Crippen molar-refractivity contribution in [1.82, 2.24) is 9.71 Å². The van der Waals surface area contributed by atoms with E-state index in [0.29, 0.717) is 10.2 Å². The molecule has 0 unspecified atom stereocenters. The van der Waals surface area contributed by atoms with Crippen LogP contribution in [0.1, 0.15) is 10.4 Å². The number of hydrogen-bond donors (Lipinski definition) is 1. The summed E-state index contributed by atoms with van der Waals surface area (Å²) in [6.07, 6.45) is 1.05. The molecule has 0 bridgehead atoms. The van der Waals surface area contributed by atoms with Gasteiger partial charge in [0.2, 0.25) is 5.88 Å². The van der Waals surface area contributed by atoms with Gasteiger partial charge in [0.05, 0.1) is 11.8 Å². The molecule has 1 aromatic heterocycles. The number of hydrogen-bond acceptors (Lipinski definition) is 5. The molecule has 9 heteroatoms. The van der Waals surface area contributed by atoms with Crippen LogP contribution in [-0.4, -0.2) is 19.3 Å². The highest BCUT2D eigenvalue weighted by Gasteiger charge is 2.21. The lowest BCUT2D eigenvalue weighted by molar-refractivity contribution is 0.0977. The zero-order valence-electron chi connectivity index (χ0n) is 13.6. The number of carbonyl (C=O) groups is 1. The number of rotatable bonds is 5. The first kappa shape index (κ1) is 19.0. The number of carbonyl (C=O) groups excluding carboxylic acids is 1. The van der Waals surface area contributed by atoms with Crippen molar-refractivity contribution in [1.29, 1.82) is 0 Å². The van der Waals surface area contributed by atoms with E-state index in [4.69, 9.17) is 4.74 Å². The van der Waals surface area contributed by atoms with Crippen molar-refractivity contribution in [3.8, 4) is 11.6 Å². The third-order valence-corrected chi connectivity index (χ3v) is 5.20. The number of para-hydroxylation sites is 1. The van der Waals surface area contributed by atoms with Crippen LogP contribution in [0, 0.1) is 5.82 Å². The average Bonchev–Trinajstić information content (AvgIpc) is 2.62. The Morgan fingerprint density at radius 2 is 1.81 bits per heavy atom. The smallest absolute Gasteiger partial charge is 0.267 e. The van der Waals surface area contributed by atoms with E-state index in [2.05, 4.69) is 20.9 Å². The number of nitrogens with zero attached hydrogens (tertiary/aromatic N) is 1. The standard InChI is InChI=1S/C18H12BrFN2O4S/c19-12-6-8-15(16(20)10-12)18(23)22-27(24,25)14-7-9-17(21-11-14)26-13-4-2-1-3-5-13/h1-11H,(H,22,23). The Morgan fingerprint density at radius 1 is 1.07 bits per heavy atom. The Kier molecular flexibility index (Phi) is 5.52. The third kappa shape index (κ3) is 4.69. The topological polar surface area (TPSA) is 85.4 Å². The molecule has 0 aliphatic rings. The second kappa shape index (κ2) is 7.85. The minimum absolute atomic E-state index is 0.186. The summed E-state index contributed by atoms with van der Waals surface area (Å²) in [5.74, 6) is -1.20. The molecule has 0 aliphatic heterocycles. The molecule has 3 aromatic rings. The number of ether oxygens (including phenoxy) is 1. The zero-order valence-corrected chi connectivity index (χ0v) is 16.0. The lowest BCUT2D eigenvalue weighted by Gasteiger charge is -2.09. The summed E-state index contributed by atoms with van der Waals surface area (Å²) in [5.41, 5.74) is -0.390. The van der Waals surface area contributed by atoms with E-state index in [1.165, 1.54) is 24.3 Å². The number of aromatic nitrogens is 1. The van der Waals surface area contributed by atoms with Gasteiger partial charge in [-0.2, -0.15) is 0 Å². The Labute approximate surface area is 163 Å². The zero-order chi connectivity index (χ0) is 19.4. The number of pyridine rings is 1. The van der Waals surface area contributed by atoms with Crippen LogP contribution in [0.15, 0.2) is 76.2 Å². The van der Waals surface area contributed by atoms with Gasteiger partial charge in [0, 0.05) is 10.5 Å². The maximum Gasteiger partial charge on any atom is 0.267 e. The first-order chi connectivity index (χ1) is 12.8. The molecule has 0 radical (unpaired) electrons. The number of nitrogens with one attached hydrogen (secondary N) is 1. The highest BCUT2D eigenvalue weighted by atomic mass is 79.9. The molecule has 27 heavy (non-hydrogen) atoms. The summed E-state index contributed by atoms with van der Waals surface area (Å²) in [5, 5.41) is 0. The normalized spacial score (nSPS) is 11.0. The molecule has 1 amide bonds. The first-order valence-electron chi connectivity index (χ1n) is 7.56. The van der Waals surface area contributed by atoms with Gasteiger partial charge in [0.15, 0.2) is 0 Å². The van der Waals surface area contributed by atoms with Crippen molar-refractivity contribution in [3.05, 3.63) is 82.7 Å². The van der Waals surface area contributed by atoms with Gasteiger partial charge >= 0.3 is 0 Å². The molecular formula is C18H12BrFN2O4S. The summed E-state index contributed by atoms with van der Waals surface area (Å²) in [6.45, 7) is 0. The molecule has 3 rings (SSSR count). The van der Waals surface area contributed by atoms with E-state index in [9.17, 15) is 17.6 Å². The third-order valence-electron chi connectivity index (χ3n) is 3.39. The molecule has 0 saturated carbocycles. The monoisotopic (exact) mass is 450 g/mol. The van der Waals surface area contributed by atoms with Gasteiger partial charge in [-0.25, -0.2) is 22.5 Å². The molecule has 0 fully saturated rings. The van der Waals surface area contributed by atoms with Crippen LogP contribution in [0.3, 0.4) is 0 Å². The predicted octanol–water partition coefficient (Wildman–Crippen LogP) is 3.89.